The van der Waals surface area contributed by atoms with Gasteiger partial charge in [-0.2, -0.15) is 0 Å². The maximum absolute atomic E-state index is 15.5. The molecule has 178 valence electrons. The predicted octanol–water partition coefficient (Wildman–Crippen LogP) is 6.62. The Bertz CT molecular complexity index is 1400. The molecule has 5 rings (SSSR count). The SMILES string of the molecule is COC(=O)c1ccc(C)c(F)c1-c1cn(C(c2ccccc2)(c2ccccc2)c2ccccc2)cn1. The summed E-state index contributed by atoms with van der Waals surface area (Å²) >= 11 is 0. The van der Waals surface area contributed by atoms with Gasteiger partial charge in [0.05, 0.1) is 30.3 Å². The van der Waals surface area contributed by atoms with E-state index in [0.717, 1.165) is 16.7 Å². The molecule has 0 saturated heterocycles. The van der Waals surface area contributed by atoms with Crippen molar-refractivity contribution in [2.24, 2.45) is 0 Å². The first-order valence-corrected chi connectivity index (χ1v) is 11.7. The highest BCUT2D eigenvalue weighted by atomic mass is 19.1. The molecule has 4 aromatic carbocycles. The number of methoxy groups -OCH3 is 1. The summed E-state index contributed by atoms with van der Waals surface area (Å²) in [6.45, 7) is 1.67. The van der Waals surface area contributed by atoms with Gasteiger partial charge >= 0.3 is 5.97 Å². The fourth-order valence-electron chi connectivity index (χ4n) is 4.83. The number of halogens is 1. The molecule has 0 aliphatic rings. The molecule has 0 N–H and O–H groups in total. The average Bonchev–Trinajstić information content (AvgIpc) is 3.42. The number of hydrogen-bond acceptors (Lipinski definition) is 3. The van der Waals surface area contributed by atoms with Crippen molar-refractivity contribution in [1.29, 1.82) is 0 Å². The molecule has 0 saturated carbocycles. The number of esters is 1. The molecule has 0 atom stereocenters. The van der Waals surface area contributed by atoms with Gasteiger partial charge in [0.15, 0.2) is 0 Å². The summed E-state index contributed by atoms with van der Waals surface area (Å²) in [6, 6.07) is 33.6. The van der Waals surface area contributed by atoms with E-state index in [-0.39, 0.29) is 11.1 Å². The lowest BCUT2D eigenvalue weighted by atomic mass is 9.77. The van der Waals surface area contributed by atoms with Gasteiger partial charge < -0.3 is 9.30 Å². The molecular formula is C31H25FN2O2. The van der Waals surface area contributed by atoms with Crippen molar-refractivity contribution in [1.82, 2.24) is 9.55 Å². The molecule has 0 amide bonds. The summed E-state index contributed by atoms with van der Waals surface area (Å²) in [5, 5.41) is 0. The van der Waals surface area contributed by atoms with E-state index in [1.807, 2.05) is 59.2 Å². The van der Waals surface area contributed by atoms with Gasteiger partial charge in [0.2, 0.25) is 0 Å². The standard InChI is InChI=1S/C31H25FN2O2/c1-22-18-19-26(30(35)36-2)28(29(22)32)27-20-34(21-33-27)31(23-12-6-3-7-13-23,24-14-8-4-9-15-24)25-16-10-5-11-17-25/h3-21H,1-2H3. The summed E-state index contributed by atoms with van der Waals surface area (Å²) in [6.07, 6.45) is 3.50. The largest absolute Gasteiger partial charge is 0.465 e. The van der Waals surface area contributed by atoms with Gasteiger partial charge in [-0.25, -0.2) is 14.2 Å². The molecule has 0 aliphatic carbocycles. The number of aryl methyl sites for hydroxylation is 1. The molecule has 5 heteroatoms. The van der Waals surface area contributed by atoms with Crippen LogP contribution >= 0.6 is 0 Å². The Morgan fingerprint density at radius 1 is 0.806 bits per heavy atom. The van der Waals surface area contributed by atoms with Crippen LogP contribution in [0.3, 0.4) is 0 Å². The van der Waals surface area contributed by atoms with Crippen LogP contribution in [0.2, 0.25) is 0 Å². The lowest BCUT2D eigenvalue weighted by Gasteiger charge is -2.37. The van der Waals surface area contributed by atoms with Gasteiger partial charge in [0.25, 0.3) is 0 Å². The zero-order chi connectivity index (χ0) is 25.1. The van der Waals surface area contributed by atoms with E-state index in [4.69, 9.17) is 4.74 Å². The van der Waals surface area contributed by atoms with Crippen LogP contribution in [0, 0.1) is 12.7 Å². The van der Waals surface area contributed by atoms with Crippen LogP contribution in [0.15, 0.2) is 116 Å². The Balaban J connectivity index is 1.83. The molecule has 36 heavy (non-hydrogen) atoms. The highest BCUT2D eigenvalue weighted by molar-refractivity contribution is 5.97. The molecule has 0 aliphatic heterocycles. The zero-order valence-corrected chi connectivity index (χ0v) is 20.1. The second-order valence-electron chi connectivity index (χ2n) is 8.59. The third-order valence-electron chi connectivity index (χ3n) is 6.54. The topological polar surface area (TPSA) is 44.1 Å². The summed E-state index contributed by atoms with van der Waals surface area (Å²) in [5.41, 5.74) is 3.30. The predicted molar refractivity (Wildman–Crippen MR) is 138 cm³/mol. The first-order chi connectivity index (χ1) is 17.6. The van der Waals surface area contributed by atoms with Crippen LogP contribution in [0.1, 0.15) is 32.6 Å². The van der Waals surface area contributed by atoms with Crippen LogP contribution in [-0.4, -0.2) is 22.6 Å². The Hall–Kier alpha value is -4.51. The number of aromatic nitrogens is 2. The van der Waals surface area contributed by atoms with Crippen molar-refractivity contribution in [3.8, 4) is 11.3 Å². The normalized spacial score (nSPS) is 11.3. The van der Waals surface area contributed by atoms with Crippen molar-refractivity contribution in [3.63, 3.8) is 0 Å². The lowest BCUT2D eigenvalue weighted by Crippen LogP contribution is -2.36. The zero-order valence-electron chi connectivity index (χ0n) is 20.1. The maximum atomic E-state index is 15.5. The van der Waals surface area contributed by atoms with Crippen LogP contribution in [0.5, 0.6) is 0 Å². The van der Waals surface area contributed by atoms with Gasteiger partial charge in [0, 0.05) is 6.20 Å². The number of benzene rings is 4. The van der Waals surface area contributed by atoms with E-state index in [1.165, 1.54) is 7.11 Å². The molecule has 0 fully saturated rings. The Labute approximate surface area is 209 Å². The van der Waals surface area contributed by atoms with Crippen molar-refractivity contribution < 1.29 is 13.9 Å². The molecule has 0 bridgehead atoms. The second kappa shape index (κ2) is 9.62. The highest BCUT2D eigenvalue weighted by Crippen LogP contribution is 2.41. The van der Waals surface area contributed by atoms with E-state index in [1.54, 1.807) is 31.6 Å². The first-order valence-electron chi connectivity index (χ1n) is 11.7. The van der Waals surface area contributed by atoms with Gasteiger partial charge in [-0.05, 0) is 35.2 Å². The number of hydrogen-bond donors (Lipinski definition) is 0. The molecule has 1 aromatic heterocycles. The van der Waals surface area contributed by atoms with Gasteiger partial charge in [-0.15, -0.1) is 0 Å². The fourth-order valence-corrected chi connectivity index (χ4v) is 4.83. The van der Waals surface area contributed by atoms with Crippen molar-refractivity contribution >= 4 is 5.97 Å². The van der Waals surface area contributed by atoms with Gasteiger partial charge in [-0.1, -0.05) is 97.1 Å². The van der Waals surface area contributed by atoms with Crippen LogP contribution in [0.4, 0.5) is 4.39 Å². The number of carbonyl (C=O) groups excluding carboxylic acids is 1. The number of imidazole rings is 1. The fraction of sp³-hybridized carbons (Fsp3) is 0.0968. The van der Waals surface area contributed by atoms with E-state index in [0.29, 0.717) is 11.3 Å². The number of rotatable bonds is 6. The smallest absolute Gasteiger partial charge is 0.338 e. The quantitative estimate of drug-likeness (QED) is 0.204. The number of nitrogens with zero attached hydrogens (tertiary/aromatic N) is 2. The second-order valence-corrected chi connectivity index (χ2v) is 8.59. The van der Waals surface area contributed by atoms with Crippen molar-refractivity contribution in [3.05, 3.63) is 149 Å². The van der Waals surface area contributed by atoms with E-state index in [2.05, 4.69) is 41.4 Å². The van der Waals surface area contributed by atoms with Crippen LogP contribution in [-0.2, 0) is 10.3 Å². The molecule has 0 unspecified atom stereocenters. The number of ether oxygens (including phenoxy) is 1. The minimum atomic E-state index is -0.791. The number of carbonyl (C=O) groups is 1. The van der Waals surface area contributed by atoms with Crippen molar-refractivity contribution in [2.45, 2.75) is 12.5 Å². The monoisotopic (exact) mass is 476 g/mol. The van der Waals surface area contributed by atoms with Gasteiger partial charge in [0.1, 0.15) is 11.4 Å². The highest BCUT2D eigenvalue weighted by Gasteiger charge is 2.38. The molecule has 5 aromatic rings. The average molecular weight is 477 g/mol. The maximum Gasteiger partial charge on any atom is 0.338 e. The molecule has 4 nitrogen and oxygen atoms in total. The summed E-state index contributed by atoms with van der Waals surface area (Å²) in [7, 11) is 1.29. The van der Waals surface area contributed by atoms with E-state index < -0.39 is 17.3 Å². The summed E-state index contributed by atoms with van der Waals surface area (Å²) in [4.78, 5) is 17.1. The van der Waals surface area contributed by atoms with Crippen molar-refractivity contribution in [2.75, 3.05) is 7.11 Å². The van der Waals surface area contributed by atoms with E-state index >= 15 is 4.39 Å². The molecule has 0 spiro atoms. The Morgan fingerprint density at radius 3 is 1.78 bits per heavy atom. The first kappa shape index (κ1) is 23.2. The minimum Gasteiger partial charge on any atom is -0.465 e. The third kappa shape index (κ3) is 3.79. The van der Waals surface area contributed by atoms with Crippen LogP contribution in [0.25, 0.3) is 11.3 Å². The molecular weight excluding hydrogens is 451 g/mol. The van der Waals surface area contributed by atoms with Gasteiger partial charge in [-0.3, -0.25) is 0 Å². The Kier molecular flexibility index (Phi) is 6.21. The minimum absolute atomic E-state index is 0.128. The lowest BCUT2D eigenvalue weighted by molar-refractivity contribution is 0.0601. The molecule has 0 radical (unpaired) electrons. The van der Waals surface area contributed by atoms with E-state index in [9.17, 15) is 4.79 Å². The Morgan fingerprint density at radius 2 is 1.31 bits per heavy atom. The summed E-state index contributed by atoms with van der Waals surface area (Å²) in [5.74, 6) is -1.10. The summed E-state index contributed by atoms with van der Waals surface area (Å²) < 4.78 is 22.4. The molecule has 1 heterocycles. The third-order valence-corrected chi connectivity index (χ3v) is 6.54. The van der Waals surface area contributed by atoms with Crippen LogP contribution < -0.4 is 0 Å².